The molecule has 6 nitrogen and oxygen atoms in total. The zero-order valence-corrected chi connectivity index (χ0v) is 19.0. The molecule has 1 heterocycles. The summed E-state index contributed by atoms with van der Waals surface area (Å²) in [5.74, 6) is -1.52. The predicted octanol–water partition coefficient (Wildman–Crippen LogP) is 5.24. The average Bonchev–Trinajstić information content (AvgIpc) is 3.58. The Morgan fingerprint density at radius 3 is 2.52 bits per heavy atom. The number of aryl methyl sites for hydroxylation is 1. The van der Waals surface area contributed by atoms with Crippen molar-refractivity contribution in [3.8, 4) is 22.6 Å². The van der Waals surface area contributed by atoms with Crippen LogP contribution >= 0.6 is 11.3 Å². The van der Waals surface area contributed by atoms with Gasteiger partial charge in [0.1, 0.15) is 11.6 Å². The number of nitrogens with zero attached hydrogens (tertiary/aromatic N) is 1. The number of aromatic nitrogens is 1. The molecule has 0 bridgehead atoms. The summed E-state index contributed by atoms with van der Waals surface area (Å²) in [6.45, 7) is 0. The maximum Gasteiger partial charge on any atom is 0.307 e. The van der Waals surface area contributed by atoms with Crippen molar-refractivity contribution in [1.82, 2.24) is 4.57 Å². The Morgan fingerprint density at radius 1 is 1.03 bits per heavy atom. The van der Waals surface area contributed by atoms with Crippen molar-refractivity contribution in [2.75, 3.05) is 4.72 Å². The summed E-state index contributed by atoms with van der Waals surface area (Å²) in [7, 11) is -1.81. The number of thiazole rings is 1. The van der Waals surface area contributed by atoms with E-state index in [4.69, 9.17) is 4.74 Å². The Kier molecular flexibility index (Phi) is 5.21. The summed E-state index contributed by atoms with van der Waals surface area (Å²) in [6.07, 6.45) is 1.24. The molecular weight excluding hydrogens is 470 g/mol. The van der Waals surface area contributed by atoms with Gasteiger partial charge in [0.25, 0.3) is 0 Å². The Hall–Kier alpha value is -3.24. The van der Waals surface area contributed by atoms with Crippen LogP contribution in [0.4, 0.5) is 14.5 Å². The minimum absolute atomic E-state index is 0.113. The van der Waals surface area contributed by atoms with Gasteiger partial charge < -0.3 is 9.30 Å². The third-order valence-electron chi connectivity index (χ3n) is 5.42. The third-order valence-corrected chi connectivity index (χ3v) is 8.28. The van der Waals surface area contributed by atoms with Crippen LogP contribution in [0.5, 0.6) is 11.5 Å². The van der Waals surface area contributed by atoms with Crippen molar-refractivity contribution in [3.63, 3.8) is 0 Å². The van der Waals surface area contributed by atoms with Gasteiger partial charge in [-0.25, -0.2) is 17.2 Å². The largest absolute Gasteiger partial charge is 0.454 e. The fourth-order valence-electron chi connectivity index (χ4n) is 3.51. The molecule has 0 radical (unpaired) electrons. The molecule has 10 heteroatoms. The summed E-state index contributed by atoms with van der Waals surface area (Å²) in [4.78, 5) is 11.9. The highest BCUT2D eigenvalue weighted by Gasteiger charge is 2.35. The first-order valence-electron chi connectivity index (χ1n) is 10.1. The van der Waals surface area contributed by atoms with Crippen LogP contribution in [0, 0.1) is 11.6 Å². The fraction of sp³-hybridized carbons (Fsp3) is 0.174. The normalized spacial score (nSPS) is 13.9. The summed E-state index contributed by atoms with van der Waals surface area (Å²) < 4.78 is 63.0. The number of nitrogens with one attached hydrogen (secondary N) is 1. The Labute approximate surface area is 192 Å². The summed E-state index contributed by atoms with van der Waals surface area (Å²) in [6, 6.07) is 13.0. The second-order valence-corrected chi connectivity index (χ2v) is 10.8. The number of fused-ring (bicyclic) bond motifs is 1. The number of sulfonamides is 1. The maximum absolute atomic E-state index is 14.2. The van der Waals surface area contributed by atoms with Gasteiger partial charge in [-0.3, -0.25) is 9.52 Å². The zero-order valence-electron chi connectivity index (χ0n) is 17.3. The first-order chi connectivity index (χ1) is 15.7. The highest BCUT2D eigenvalue weighted by molar-refractivity contribution is 7.93. The quantitative estimate of drug-likeness (QED) is 0.403. The molecule has 1 aliphatic carbocycles. The maximum atomic E-state index is 14.2. The lowest BCUT2D eigenvalue weighted by Crippen LogP contribution is -2.17. The van der Waals surface area contributed by atoms with E-state index in [-0.39, 0.29) is 16.4 Å². The van der Waals surface area contributed by atoms with Gasteiger partial charge >= 0.3 is 4.87 Å². The molecule has 33 heavy (non-hydrogen) atoms. The second-order valence-electron chi connectivity index (χ2n) is 7.84. The Bertz CT molecular complexity index is 1560. The van der Waals surface area contributed by atoms with Crippen LogP contribution in [-0.2, 0) is 17.1 Å². The van der Waals surface area contributed by atoms with Gasteiger partial charge in [-0.2, -0.15) is 0 Å². The molecule has 0 amide bonds. The SMILES string of the molecule is Cn1c(=O)sc2cc(-c3cc(NS(=O)(=O)C4CC4)ccc3Oc3ccc(F)cc3F)ccc21. The smallest absolute Gasteiger partial charge is 0.307 e. The van der Waals surface area contributed by atoms with Crippen LogP contribution in [0.3, 0.4) is 0 Å². The van der Waals surface area contributed by atoms with E-state index in [0.29, 0.717) is 29.7 Å². The molecule has 0 spiro atoms. The molecule has 170 valence electrons. The van der Waals surface area contributed by atoms with E-state index in [2.05, 4.69) is 4.72 Å². The van der Waals surface area contributed by atoms with E-state index >= 15 is 0 Å². The highest BCUT2D eigenvalue weighted by Crippen LogP contribution is 2.39. The third kappa shape index (κ3) is 4.23. The van der Waals surface area contributed by atoms with Crippen LogP contribution in [0.15, 0.2) is 59.4 Å². The molecule has 1 N–H and O–H groups in total. The molecule has 0 atom stereocenters. The lowest BCUT2D eigenvalue weighted by atomic mass is 10.0. The molecule has 0 unspecified atom stereocenters. The van der Waals surface area contributed by atoms with E-state index in [1.54, 1.807) is 31.3 Å². The van der Waals surface area contributed by atoms with Crippen molar-refractivity contribution in [2.24, 2.45) is 7.05 Å². The molecule has 1 fully saturated rings. The number of halogens is 2. The number of ether oxygens (including phenoxy) is 1. The number of hydrogen-bond donors (Lipinski definition) is 1. The lowest BCUT2D eigenvalue weighted by Gasteiger charge is -2.15. The monoisotopic (exact) mass is 488 g/mol. The van der Waals surface area contributed by atoms with Crippen molar-refractivity contribution >= 4 is 37.3 Å². The Morgan fingerprint density at radius 2 is 1.79 bits per heavy atom. The minimum atomic E-state index is -3.49. The summed E-state index contributed by atoms with van der Waals surface area (Å²) in [5.41, 5.74) is 2.23. The van der Waals surface area contributed by atoms with E-state index in [1.807, 2.05) is 0 Å². The molecule has 0 aliphatic heterocycles. The number of rotatable bonds is 6. The summed E-state index contributed by atoms with van der Waals surface area (Å²) in [5, 5.41) is -0.400. The molecule has 1 aliphatic rings. The van der Waals surface area contributed by atoms with Crippen molar-refractivity contribution in [3.05, 3.63) is 75.9 Å². The first kappa shape index (κ1) is 21.6. The molecule has 0 saturated heterocycles. The van der Waals surface area contributed by atoms with Gasteiger partial charge in [0.15, 0.2) is 11.6 Å². The number of anilines is 1. The topological polar surface area (TPSA) is 77.4 Å². The van der Waals surface area contributed by atoms with Gasteiger partial charge in [0, 0.05) is 24.4 Å². The van der Waals surface area contributed by atoms with Crippen molar-refractivity contribution in [1.29, 1.82) is 0 Å². The van der Waals surface area contributed by atoms with Gasteiger partial charge in [0.2, 0.25) is 10.0 Å². The number of hydrogen-bond acceptors (Lipinski definition) is 5. The van der Waals surface area contributed by atoms with Crippen molar-refractivity contribution < 1.29 is 21.9 Å². The molecule has 5 rings (SSSR count). The van der Waals surface area contributed by atoms with E-state index in [9.17, 15) is 22.0 Å². The Balaban J connectivity index is 1.61. The zero-order chi connectivity index (χ0) is 23.3. The lowest BCUT2D eigenvalue weighted by molar-refractivity contribution is 0.439. The molecular formula is C23H18F2N2O4S2. The molecule has 4 aromatic rings. The van der Waals surface area contributed by atoms with Crippen LogP contribution in [0.25, 0.3) is 21.3 Å². The predicted molar refractivity (Wildman–Crippen MR) is 124 cm³/mol. The van der Waals surface area contributed by atoms with Crippen LogP contribution in [-0.4, -0.2) is 18.2 Å². The van der Waals surface area contributed by atoms with Crippen LogP contribution in [0.1, 0.15) is 12.8 Å². The van der Waals surface area contributed by atoms with Crippen molar-refractivity contribution in [2.45, 2.75) is 18.1 Å². The average molecular weight is 489 g/mol. The van der Waals surface area contributed by atoms with Crippen LogP contribution in [0.2, 0.25) is 0 Å². The van der Waals surface area contributed by atoms with Gasteiger partial charge in [-0.15, -0.1) is 0 Å². The van der Waals surface area contributed by atoms with Gasteiger partial charge in [0.05, 0.1) is 15.5 Å². The van der Waals surface area contributed by atoms with Gasteiger partial charge in [-0.1, -0.05) is 17.4 Å². The number of benzene rings is 3. The summed E-state index contributed by atoms with van der Waals surface area (Å²) >= 11 is 1.08. The van der Waals surface area contributed by atoms with Gasteiger partial charge in [-0.05, 0) is 60.9 Å². The van der Waals surface area contributed by atoms with E-state index in [0.717, 1.165) is 33.7 Å². The molecule has 1 aromatic heterocycles. The first-order valence-corrected chi connectivity index (χ1v) is 12.5. The van der Waals surface area contributed by atoms with Crippen LogP contribution < -0.4 is 14.3 Å². The highest BCUT2D eigenvalue weighted by atomic mass is 32.2. The second kappa shape index (κ2) is 7.96. The standard InChI is InChI=1S/C23H18F2N2O4S2/c1-27-19-7-2-13(10-22(19)32-23(27)28)17-12-15(26-33(29,30)16-5-6-16)4-9-20(17)31-21-8-3-14(24)11-18(21)25/h2-4,7-12,16,26H,5-6H2,1H3. The van der Waals surface area contributed by atoms with E-state index < -0.39 is 26.9 Å². The molecule has 3 aromatic carbocycles. The minimum Gasteiger partial charge on any atom is -0.454 e. The molecule has 1 saturated carbocycles. The van der Waals surface area contributed by atoms with E-state index in [1.165, 1.54) is 22.8 Å². The fourth-order valence-corrected chi connectivity index (χ4v) is 5.81.